The third-order valence-electron chi connectivity index (χ3n) is 7.52. The third-order valence-corrected chi connectivity index (χ3v) is 7.52. The summed E-state index contributed by atoms with van der Waals surface area (Å²) in [6, 6.07) is 9.87. The molecule has 4 aliphatic carbocycles. The molecule has 2 aromatic rings. The highest BCUT2D eigenvalue weighted by Crippen LogP contribution is 2.55. The summed E-state index contributed by atoms with van der Waals surface area (Å²) in [5.41, 5.74) is 3.56. The molecule has 6 heteroatoms. The number of amides is 1. The maximum atomic E-state index is 12.5. The van der Waals surface area contributed by atoms with Gasteiger partial charge in [-0.3, -0.25) is 4.79 Å². The van der Waals surface area contributed by atoms with Crippen LogP contribution in [0.15, 0.2) is 36.4 Å². The number of benzene rings is 1. The van der Waals surface area contributed by atoms with E-state index in [0.717, 1.165) is 59.7 Å². The van der Waals surface area contributed by atoms with E-state index < -0.39 is 5.97 Å². The van der Waals surface area contributed by atoms with Gasteiger partial charge in [-0.2, -0.15) is 5.10 Å². The number of hydrogen-bond donors (Lipinski definition) is 1. The first-order valence-electron chi connectivity index (χ1n) is 11.7. The molecule has 0 unspecified atom stereocenters. The van der Waals surface area contributed by atoms with E-state index in [1.807, 2.05) is 48.9 Å². The maximum Gasteiger partial charge on any atom is 0.331 e. The van der Waals surface area contributed by atoms with Crippen molar-refractivity contribution in [2.75, 3.05) is 6.61 Å². The average Bonchev–Trinajstić information content (AvgIpc) is 3.03. The van der Waals surface area contributed by atoms with Crippen molar-refractivity contribution in [3.05, 3.63) is 53.4 Å². The molecule has 4 aliphatic rings. The Hall–Kier alpha value is -2.89. The van der Waals surface area contributed by atoms with Gasteiger partial charge >= 0.3 is 5.97 Å². The molecule has 6 rings (SSSR count). The summed E-state index contributed by atoms with van der Waals surface area (Å²) in [7, 11) is 0. The maximum absolute atomic E-state index is 12.5. The Morgan fingerprint density at radius 2 is 1.72 bits per heavy atom. The van der Waals surface area contributed by atoms with E-state index in [1.54, 1.807) is 6.08 Å². The number of para-hydroxylation sites is 1. The molecule has 32 heavy (non-hydrogen) atoms. The molecule has 1 heterocycles. The van der Waals surface area contributed by atoms with Crippen molar-refractivity contribution in [2.24, 2.45) is 17.8 Å². The van der Waals surface area contributed by atoms with E-state index in [9.17, 15) is 9.59 Å². The van der Waals surface area contributed by atoms with Gasteiger partial charge in [-0.15, -0.1) is 0 Å². The van der Waals surface area contributed by atoms with Crippen molar-refractivity contribution in [1.82, 2.24) is 15.1 Å². The van der Waals surface area contributed by atoms with E-state index in [-0.39, 0.29) is 18.1 Å². The Morgan fingerprint density at radius 1 is 1.09 bits per heavy atom. The van der Waals surface area contributed by atoms with Crippen molar-refractivity contribution in [1.29, 1.82) is 0 Å². The second-order valence-electron chi connectivity index (χ2n) is 10.0. The van der Waals surface area contributed by atoms with E-state index in [4.69, 9.17) is 4.74 Å². The van der Waals surface area contributed by atoms with Gasteiger partial charge in [-0.1, -0.05) is 18.2 Å². The lowest BCUT2D eigenvalue weighted by atomic mass is 9.53. The van der Waals surface area contributed by atoms with Crippen LogP contribution in [0.25, 0.3) is 11.8 Å². The fourth-order valence-electron chi connectivity index (χ4n) is 6.65. The van der Waals surface area contributed by atoms with Gasteiger partial charge in [0.05, 0.1) is 11.4 Å². The van der Waals surface area contributed by atoms with E-state index >= 15 is 0 Å². The number of nitrogens with one attached hydrogen (secondary N) is 1. The number of rotatable bonds is 6. The van der Waals surface area contributed by atoms with Crippen LogP contribution in [0.1, 0.15) is 55.5 Å². The molecular weight excluding hydrogens is 402 g/mol. The van der Waals surface area contributed by atoms with Crippen LogP contribution in [-0.4, -0.2) is 33.8 Å². The van der Waals surface area contributed by atoms with Gasteiger partial charge in [-0.05, 0) is 88.3 Å². The minimum atomic E-state index is -0.517. The van der Waals surface area contributed by atoms with Gasteiger partial charge < -0.3 is 10.1 Å². The lowest BCUT2D eigenvalue weighted by molar-refractivity contribution is -0.145. The first-order chi connectivity index (χ1) is 15.4. The normalized spacial score (nSPS) is 28.2. The average molecular weight is 434 g/mol. The smallest absolute Gasteiger partial charge is 0.331 e. The minimum absolute atomic E-state index is 0.0612. The van der Waals surface area contributed by atoms with Crippen LogP contribution in [0.3, 0.4) is 0 Å². The first-order valence-corrected chi connectivity index (χ1v) is 11.7. The van der Waals surface area contributed by atoms with Crippen LogP contribution < -0.4 is 5.32 Å². The number of aromatic nitrogens is 2. The molecule has 4 fully saturated rings. The summed E-state index contributed by atoms with van der Waals surface area (Å²) in [5, 5.41) is 7.82. The standard InChI is InChI=1S/C26H31N3O3/c1-17-23(18(2)29(28-17)22-6-4-3-5-7-22)8-9-25(31)32-16-24(30)27-26-13-19-10-20(14-26)12-21(11-19)15-26/h3-9,19-21H,10-16H2,1-2H3,(H,27,30)/b9-8+. The molecule has 4 bridgehead atoms. The summed E-state index contributed by atoms with van der Waals surface area (Å²) in [4.78, 5) is 24.8. The molecule has 0 spiro atoms. The number of esters is 1. The van der Waals surface area contributed by atoms with Crippen molar-refractivity contribution in [3.63, 3.8) is 0 Å². The molecule has 0 saturated heterocycles. The first kappa shape index (κ1) is 21.0. The predicted octanol–water partition coefficient (Wildman–Crippen LogP) is 4.13. The summed E-state index contributed by atoms with van der Waals surface area (Å²) < 4.78 is 7.11. The predicted molar refractivity (Wildman–Crippen MR) is 122 cm³/mol. The number of carbonyl (C=O) groups is 2. The van der Waals surface area contributed by atoms with E-state index in [1.165, 1.54) is 25.3 Å². The molecule has 0 atom stereocenters. The molecule has 1 aromatic heterocycles. The second kappa shape index (κ2) is 8.23. The number of nitrogens with zero attached hydrogens (tertiary/aromatic N) is 2. The second-order valence-corrected chi connectivity index (χ2v) is 10.0. The van der Waals surface area contributed by atoms with Crippen molar-refractivity contribution in [3.8, 4) is 5.69 Å². The van der Waals surface area contributed by atoms with E-state index in [2.05, 4.69) is 10.4 Å². The molecule has 1 aromatic carbocycles. The van der Waals surface area contributed by atoms with Crippen LogP contribution in [0, 0.1) is 31.6 Å². The molecule has 1 amide bonds. The highest BCUT2D eigenvalue weighted by Gasteiger charge is 2.51. The Labute approximate surface area is 189 Å². The summed E-state index contributed by atoms with van der Waals surface area (Å²) in [6.07, 6.45) is 10.3. The number of hydrogen-bond acceptors (Lipinski definition) is 4. The summed E-state index contributed by atoms with van der Waals surface area (Å²) in [6.45, 7) is 3.65. The Balaban J connectivity index is 1.17. The van der Waals surface area contributed by atoms with Crippen LogP contribution in [0.5, 0.6) is 0 Å². The van der Waals surface area contributed by atoms with Gasteiger partial charge in [-0.25, -0.2) is 9.48 Å². The molecule has 6 nitrogen and oxygen atoms in total. The van der Waals surface area contributed by atoms with Gasteiger partial charge in [0.1, 0.15) is 0 Å². The van der Waals surface area contributed by atoms with Crippen molar-refractivity contribution in [2.45, 2.75) is 57.9 Å². The Kier molecular flexibility index (Phi) is 5.39. The Morgan fingerprint density at radius 3 is 2.34 bits per heavy atom. The van der Waals surface area contributed by atoms with E-state index in [0.29, 0.717) is 0 Å². The minimum Gasteiger partial charge on any atom is -0.452 e. The molecule has 1 N–H and O–H groups in total. The summed E-state index contributed by atoms with van der Waals surface area (Å²) in [5.74, 6) is 1.58. The molecular formula is C26H31N3O3. The van der Waals surface area contributed by atoms with Crippen LogP contribution in [0.2, 0.25) is 0 Å². The number of ether oxygens (including phenoxy) is 1. The number of carbonyl (C=O) groups excluding carboxylic acids is 2. The van der Waals surface area contributed by atoms with Crippen LogP contribution >= 0.6 is 0 Å². The van der Waals surface area contributed by atoms with Crippen LogP contribution in [-0.2, 0) is 14.3 Å². The van der Waals surface area contributed by atoms with Gasteiger partial charge in [0.15, 0.2) is 6.61 Å². The fourth-order valence-corrected chi connectivity index (χ4v) is 6.65. The zero-order valence-corrected chi connectivity index (χ0v) is 18.8. The molecule has 0 aliphatic heterocycles. The topological polar surface area (TPSA) is 73.2 Å². The zero-order valence-electron chi connectivity index (χ0n) is 18.8. The van der Waals surface area contributed by atoms with Gasteiger partial charge in [0, 0.05) is 22.9 Å². The monoisotopic (exact) mass is 433 g/mol. The largest absolute Gasteiger partial charge is 0.452 e. The summed E-state index contributed by atoms with van der Waals surface area (Å²) >= 11 is 0. The highest BCUT2D eigenvalue weighted by atomic mass is 16.5. The van der Waals surface area contributed by atoms with Crippen molar-refractivity contribution < 1.29 is 14.3 Å². The quantitative estimate of drug-likeness (QED) is 0.549. The lowest BCUT2D eigenvalue weighted by Crippen LogP contribution is -2.60. The zero-order chi connectivity index (χ0) is 22.3. The molecule has 4 saturated carbocycles. The molecule has 0 radical (unpaired) electrons. The number of aryl methyl sites for hydroxylation is 1. The van der Waals surface area contributed by atoms with Crippen LogP contribution in [0.4, 0.5) is 0 Å². The lowest BCUT2D eigenvalue weighted by Gasteiger charge is -2.56. The SMILES string of the molecule is Cc1nn(-c2ccccc2)c(C)c1/C=C/C(=O)OCC(=O)NC12CC3CC(CC(C3)C1)C2. The van der Waals surface area contributed by atoms with Gasteiger partial charge in [0.2, 0.25) is 0 Å². The highest BCUT2D eigenvalue weighted by molar-refractivity contribution is 5.89. The van der Waals surface area contributed by atoms with Gasteiger partial charge in [0.25, 0.3) is 5.91 Å². The van der Waals surface area contributed by atoms with Crippen molar-refractivity contribution >= 4 is 18.0 Å². The molecule has 168 valence electrons. The fraction of sp³-hybridized carbons (Fsp3) is 0.500. The third kappa shape index (κ3) is 4.10. The Bertz CT molecular complexity index is 1020.